The number of ether oxygens (including phenoxy) is 1. The lowest BCUT2D eigenvalue weighted by molar-refractivity contribution is 0.00704. The largest absolute Gasteiger partial charge is 0.378 e. The van der Waals surface area contributed by atoms with Crippen LogP contribution < -0.4 is 5.73 Å². The van der Waals surface area contributed by atoms with Crippen LogP contribution in [0.15, 0.2) is 30.3 Å². The van der Waals surface area contributed by atoms with Crippen LogP contribution in [0, 0.1) is 0 Å². The Bertz CT molecular complexity index is 361. The van der Waals surface area contributed by atoms with Crippen molar-refractivity contribution >= 4 is 0 Å². The number of unbranched alkanes of at least 4 members (excludes halogenated alkanes) is 1. The first kappa shape index (κ1) is 16.5. The summed E-state index contributed by atoms with van der Waals surface area (Å²) in [5.74, 6) is 0. The van der Waals surface area contributed by atoms with Gasteiger partial charge in [0.2, 0.25) is 0 Å². The summed E-state index contributed by atoms with van der Waals surface area (Å²) in [6, 6.07) is 10.8. The second-order valence-electron chi connectivity index (χ2n) is 6.00. The van der Waals surface area contributed by atoms with Crippen molar-refractivity contribution in [3.05, 3.63) is 35.9 Å². The zero-order valence-corrected chi connectivity index (χ0v) is 13.2. The Morgan fingerprint density at radius 1 is 1.05 bits per heavy atom. The summed E-state index contributed by atoms with van der Waals surface area (Å²) in [5.41, 5.74) is 6.95. The third-order valence-electron chi connectivity index (χ3n) is 4.27. The first-order valence-corrected chi connectivity index (χ1v) is 8.46. The van der Waals surface area contributed by atoms with Crippen LogP contribution in [0.2, 0.25) is 0 Å². The van der Waals surface area contributed by atoms with E-state index in [-0.39, 0.29) is 0 Å². The van der Waals surface area contributed by atoms with E-state index in [9.17, 15) is 0 Å². The summed E-state index contributed by atoms with van der Waals surface area (Å²) in [6.07, 6.45) is 7.62. The number of aryl methyl sites for hydroxylation is 1. The molecule has 0 aromatic heterocycles. The highest BCUT2D eigenvalue weighted by atomic mass is 16.5. The number of piperidine rings is 1. The normalized spacial score (nSPS) is 17.2. The Morgan fingerprint density at radius 2 is 1.81 bits per heavy atom. The fourth-order valence-corrected chi connectivity index (χ4v) is 2.94. The number of rotatable bonds is 9. The SMILES string of the molecule is NCCCOC1CCN(CCCCc2ccccc2)CC1. The summed E-state index contributed by atoms with van der Waals surface area (Å²) < 4.78 is 5.85. The number of nitrogens with two attached hydrogens (primary N) is 1. The van der Waals surface area contributed by atoms with Crippen LogP contribution in [0.3, 0.4) is 0 Å². The van der Waals surface area contributed by atoms with E-state index < -0.39 is 0 Å². The second-order valence-corrected chi connectivity index (χ2v) is 6.00. The van der Waals surface area contributed by atoms with Gasteiger partial charge in [0.15, 0.2) is 0 Å². The van der Waals surface area contributed by atoms with Gasteiger partial charge in [0.1, 0.15) is 0 Å². The number of likely N-dealkylation sites (tertiary alicyclic amines) is 1. The van der Waals surface area contributed by atoms with Crippen molar-refractivity contribution in [3.63, 3.8) is 0 Å². The quantitative estimate of drug-likeness (QED) is 0.711. The number of nitrogens with zero attached hydrogens (tertiary/aromatic N) is 1. The monoisotopic (exact) mass is 290 g/mol. The molecule has 0 amide bonds. The van der Waals surface area contributed by atoms with Gasteiger partial charge in [0.05, 0.1) is 6.10 Å². The lowest BCUT2D eigenvalue weighted by atomic mass is 10.1. The number of hydrogen-bond acceptors (Lipinski definition) is 3. The van der Waals surface area contributed by atoms with Crippen molar-refractivity contribution in [2.45, 2.75) is 44.6 Å². The van der Waals surface area contributed by atoms with Crippen LogP contribution in [-0.4, -0.2) is 43.8 Å². The Balaban J connectivity index is 1.51. The molecule has 0 saturated carbocycles. The van der Waals surface area contributed by atoms with Crippen LogP contribution in [0.1, 0.15) is 37.7 Å². The van der Waals surface area contributed by atoms with Crippen LogP contribution in [0.4, 0.5) is 0 Å². The molecular weight excluding hydrogens is 260 g/mol. The zero-order valence-electron chi connectivity index (χ0n) is 13.2. The van der Waals surface area contributed by atoms with E-state index in [0.717, 1.165) is 19.6 Å². The van der Waals surface area contributed by atoms with Crippen LogP contribution in [0.25, 0.3) is 0 Å². The van der Waals surface area contributed by atoms with Crippen molar-refractivity contribution in [2.24, 2.45) is 5.73 Å². The van der Waals surface area contributed by atoms with E-state index in [2.05, 4.69) is 35.2 Å². The van der Waals surface area contributed by atoms with Crippen molar-refractivity contribution in [2.75, 3.05) is 32.8 Å². The molecule has 3 nitrogen and oxygen atoms in total. The van der Waals surface area contributed by atoms with Gasteiger partial charge in [0.25, 0.3) is 0 Å². The molecule has 0 unspecified atom stereocenters. The topological polar surface area (TPSA) is 38.5 Å². The van der Waals surface area contributed by atoms with Gasteiger partial charge in [-0.2, -0.15) is 0 Å². The fraction of sp³-hybridized carbons (Fsp3) is 0.667. The molecule has 1 aromatic carbocycles. The molecule has 1 heterocycles. The Morgan fingerprint density at radius 3 is 2.52 bits per heavy atom. The summed E-state index contributed by atoms with van der Waals surface area (Å²) in [4.78, 5) is 2.59. The predicted molar refractivity (Wildman–Crippen MR) is 88.5 cm³/mol. The Hall–Kier alpha value is -0.900. The van der Waals surface area contributed by atoms with Gasteiger partial charge in [-0.25, -0.2) is 0 Å². The van der Waals surface area contributed by atoms with Crippen LogP contribution in [-0.2, 0) is 11.2 Å². The van der Waals surface area contributed by atoms with Gasteiger partial charge >= 0.3 is 0 Å². The number of hydrogen-bond donors (Lipinski definition) is 1. The minimum absolute atomic E-state index is 0.470. The van der Waals surface area contributed by atoms with Gasteiger partial charge in [-0.1, -0.05) is 30.3 Å². The highest BCUT2D eigenvalue weighted by Gasteiger charge is 2.18. The van der Waals surface area contributed by atoms with E-state index >= 15 is 0 Å². The standard InChI is InChI=1S/C18H30N2O/c19-12-6-16-21-18-10-14-20(15-11-18)13-5-4-9-17-7-2-1-3-8-17/h1-3,7-8,18H,4-6,9-16,19H2. The van der Waals surface area contributed by atoms with E-state index in [4.69, 9.17) is 10.5 Å². The molecule has 0 radical (unpaired) electrons. The third-order valence-corrected chi connectivity index (χ3v) is 4.27. The molecule has 21 heavy (non-hydrogen) atoms. The van der Waals surface area contributed by atoms with Gasteiger partial charge in [-0.05, 0) is 57.2 Å². The molecule has 118 valence electrons. The Kier molecular flexibility index (Phi) is 7.79. The fourth-order valence-electron chi connectivity index (χ4n) is 2.94. The second kappa shape index (κ2) is 9.93. The van der Waals surface area contributed by atoms with Gasteiger partial charge < -0.3 is 15.4 Å². The molecule has 0 bridgehead atoms. The highest BCUT2D eigenvalue weighted by molar-refractivity contribution is 5.14. The molecule has 1 fully saturated rings. The molecule has 2 N–H and O–H groups in total. The minimum Gasteiger partial charge on any atom is -0.378 e. The molecule has 1 saturated heterocycles. The average molecular weight is 290 g/mol. The summed E-state index contributed by atoms with van der Waals surface area (Å²) in [7, 11) is 0. The smallest absolute Gasteiger partial charge is 0.0599 e. The van der Waals surface area contributed by atoms with E-state index in [1.165, 1.54) is 57.3 Å². The molecular formula is C18H30N2O. The van der Waals surface area contributed by atoms with Crippen LogP contribution >= 0.6 is 0 Å². The van der Waals surface area contributed by atoms with Crippen molar-refractivity contribution in [3.8, 4) is 0 Å². The van der Waals surface area contributed by atoms with E-state index in [0.29, 0.717) is 6.10 Å². The van der Waals surface area contributed by atoms with E-state index in [1.54, 1.807) is 0 Å². The first-order valence-electron chi connectivity index (χ1n) is 8.46. The maximum atomic E-state index is 5.85. The lowest BCUT2D eigenvalue weighted by Crippen LogP contribution is -2.37. The highest BCUT2D eigenvalue weighted by Crippen LogP contribution is 2.15. The van der Waals surface area contributed by atoms with Gasteiger partial charge in [-0.15, -0.1) is 0 Å². The molecule has 0 spiro atoms. The van der Waals surface area contributed by atoms with Crippen molar-refractivity contribution < 1.29 is 4.74 Å². The molecule has 2 rings (SSSR count). The zero-order chi connectivity index (χ0) is 14.8. The maximum absolute atomic E-state index is 5.85. The molecule has 3 heteroatoms. The number of benzene rings is 1. The summed E-state index contributed by atoms with van der Waals surface area (Å²) >= 11 is 0. The van der Waals surface area contributed by atoms with Gasteiger partial charge in [-0.3, -0.25) is 0 Å². The summed E-state index contributed by atoms with van der Waals surface area (Å²) in [6.45, 7) is 5.19. The Labute approximate surface area is 129 Å². The van der Waals surface area contributed by atoms with E-state index in [1.807, 2.05) is 0 Å². The minimum atomic E-state index is 0.470. The van der Waals surface area contributed by atoms with Crippen molar-refractivity contribution in [1.82, 2.24) is 4.90 Å². The predicted octanol–water partition coefficient (Wildman–Crippen LogP) is 2.84. The van der Waals surface area contributed by atoms with Crippen LogP contribution in [0.5, 0.6) is 0 Å². The molecule has 0 aliphatic carbocycles. The first-order chi connectivity index (χ1) is 10.4. The molecule has 1 aliphatic rings. The third kappa shape index (κ3) is 6.60. The molecule has 0 atom stereocenters. The van der Waals surface area contributed by atoms with Crippen molar-refractivity contribution in [1.29, 1.82) is 0 Å². The van der Waals surface area contributed by atoms with Gasteiger partial charge in [0, 0.05) is 19.7 Å². The summed E-state index contributed by atoms with van der Waals surface area (Å²) in [5, 5.41) is 0. The lowest BCUT2D eigenvalue weighted by Gasteiger charge is -2.31. The molecule has 1 aromatic rings. The molecule has 1 aliphatic heterocycles. The average Bonchev–Trinajstić information content (AvgIpc) is 2.54. The maximum Gasteiger partial charge on any atom is 0.0599 e.